The Kier molecular flexibility index (Phi) is 6.90. The lowest BCUT2D eigenvalue weighted by atomic mass is 9.94. The lowest BCUT2D eigenvalue weighted by molar-refractivity contribution is -0.135. The lowest BCUT2D eigenvalue weighted by Crippen LogP contribution is -2.40. The fourth-order valence-corrected chi connectivity index (χ4v) is 4.28. The van der Waals surface area contributed by atoms with Crippen LogP contribution >= 0.6 is 23.2 Å². The molecule has 1 amide bonds. The minimum Gasteiger partial charge on any atom is -0.452 e. The maximum Gasteiger partial charge on any atom is 0.340 e. The van der Waals surface area contributed by atoms with Crippen molar-refractivity contribution in [2.45, 2.75) is 43.0 Å². The van der Waals surface area contributed by atoms with Gasteiger partial charge in [0.25, 0.3) is 5.91 Å². The van der Waals surface area contributed by atoms with Crippen LogP contribution in [0.3, 0.4) is 0 Å². The van der Waals surface area contributed by atoms with E-state index in [1.807, 2.05) is 0 Å². The Morgan fingerprint density at radius 2 is 1.81 bits per heavy atom. The second-order valence-corrected chi connectivity index (χ2v) is 8.52. The zero-order chi connectivity index (χ0) is 19.5. The largest absolute Gasteiger partial charge is 0.452 e. The highest BCUT2D eigenvalue weighted by Gasteiger charge is 2.24. The monoisotopic (exact) mass is 422 g/mol. The summed E-state index contributed by atoms with van der Waals surface area (Å²) in [6.07, 6.45) is 5.15. The molecule has 0 radical (unpaired) electrons. The summed E-state index contributed by atoms with van der Waals surface area (Å²) in [5.41, 5.74) is -0.229. The number of carbonyl (C=O) groups is 2. The summed E-state index contributed by atoms with van der Waals surface area (Å²) in [5.74, 6) is -1.26. The second-order valence-electron chi connectivity index (χ2n) is 6.18. The number of carbonyl (C=O) groups excluding carboxylic acids is 2. The number of benzene rings is 1. The highest BCUT2D eigenvalue weighted by atomic mass is 35.5. The second kappa shape index (κ2) is 8.56. The van der Waals surface area contributed by atoms with Crippen molar-refractivity contribution in [2.75, 3.05) is 13.7 Å². The van der Waals surface area contributed by atoms with Gasteiger partial charge in [-0.3, -0.25) is 4.79 Å². The molecule has 1 saturated carbocycles. The Morgan fingerprint density at radius 3 is 2.38 bits per heavy atom. The van der Waals surface area contributed by atoms with Crippen LogP contribution in [0.15, 0.2) is 17.0 Å². The van der Waals surface area contributed by atoms with Crippen LogP contribution in [-0.4, -0.2) is 44.9 Å². The van der Waals surface area contributed by atoms with Crippen molar-refractivity contribution in [3.8, 4) is 0 Å². The molecule has 1 aromatic rings. The van der Waals surface area contributed by atoms with Crippen LogP contribution in [0.25, 0.3) is 0 Å². The molecular formula is C16H20Cl2N2O5S. The zero-order valence-electron chi connectivity index (χ0n) is 14.2. The van der Waals surface area contributed by atoms with Gasteiger partial charge in [-0.2, -0.15) is 0 Å². The number of esters is 1. The van der Waals surface area contributed by atoms with E-state index in [4.69, 9.17) is 33.1 Å². The Labute approximate surface area is 162 Å². The summed E-state index contributed by atoms with van der Waals surface area (Å²) >= 11 is 11.7. The Morgan fingerprint density at radius 1 is 1.19 bits per heavy atom. The number of ether oxygens (including phenoxy) is 1. The minimum absolute atomic E-state index is 0.0968. The first kappa shape index (κ1) is 21.0. The number of likely N-dealkylation sites (N-methyl/N-ethyl adjacent to an activating group) is 1. The number of primary sulfonamides is 1. The van der Waals surface area contributed by atoms with Crippen LogP contribution in [0.4, 0.5) is 0 Å². The van der Waals surface area contributed by atoms with Gasteiger partial charge < -0.3 is 9.64 Å². The van der Waals surface area contributed by atoms with Gasteiger partial charge in [0.05, 0.1) is 15.6 Å². The molecule has 1 aromatic carbocycles. The molecule has 1 aliphatic carbocycles. The topological polar surface area (TPSA) is 107 Å². The van der Waals surface area contributed by atoms with Gasteiger partial charge in [-0.1, -0.05) is 42.5 Å². The quantitative estimate of drug-likeness (QED) is 0.733. The molecule has 26 heavy (non-hydrogen) atoms. The van der Waals surface area contributed by atoms with Gasteiger partial charge in [-0.05, 0) is 25.0 Å². The minimum atomic E-state index is -4.14. The fraction of sp³-hybridized carbons (Fsp3) is 0.500. The third-order valence-electron chi connectivity index (χ3n) is 4.39. The summed E-state index contributed by atoms with van der Waals surface area (Å²) in [4.78, 5) is 25.6. The van der Waals surface area contributed by atoms with E-state index in [-0.39, 0.29) is 27.6 Å². The molecule has 0 heterocycles. The third kappa shape index (κ3) is 5.09. The number of halogens is 2. The lowest BCUT2D eigenvalue weighted by Gasteiger charge is -2.31. The SMILES string of the molecule is CN(C(=O)COC(=O)c1cc(S(N)(=O)=O)c(Cl)cc1Cl)C1CCCCC1. The van der Waals surface area contributed by atoms with E-state index >= 15 is 0 Å². The van der Waals surface area contributed by atoms with Crippen LogP contribution in [0.5, 0.6) is 0 Å². The van der Waals surface area contributed by atoms with Crippen LogP contribution in [0.2, 0.25) is 10.0 Å². The summed E-state index contributed by atoms with van der Waals surface area (Å²) in [5, 5.41) is 4.75. The zero-order valence-corrected chi connectivity index (χ0v) is 16.5. The van der Waals surface area contributed by atoms with E-state index in [2.05, 4.69) is 0 Å². The van der Waals surface area contributed by atoms with Crippen molar-refractivity contribution in [1.82, 2.24) is 4.90 Å². The predicted octanol–water partition coefficient (Wildman–Crippen LogP) is 2.59. The highest BCUT2D eigenvalue weighted by molar-refractivity contribution is 7.89. The molecule has 0 aliphatic heterocycles. The molecule has 0 bridgehead atoms. The van der Waals surface area contributed by atoms with Crippen LogP contribution in [0.1, 0.15) is 42.5 Å². The van der Waals surface area contributed by atoms with Crippen molar-refractivity contribution < 1.29 is 22.7 Å². The number of hydrogen-bond donors (Lipinski definition) is 1. The molecule has 0 saturated heterocycles. The van der Waals surface area contributed by atoms with Gasteiger partial charge in [0.2, 0.25) is 10.0 Å². The molecule has 10 heteroatoms. The first-order valence-electron chi connectivity index (χ1n) is 8.06. The Balaban J connectivity index is 2.06. The van der Waals surface area contributed by atoms with Crippen molar-refractivity contribution in [3.05, 3.63) is 27.7 Å². The van der Waals surface area contributed by atoms with E-state index in [1.165, 1.54) is 0 Å². The highest BCUT2D eigenvalue weighted by Crippen LogP contribution is 2.28. The molecule has 2 N–H and O–H groups in total. The van der Waals surface area contributed by atoms with Crippen LogP contribution in [-0.2, 0) is 19.6 Å². The number of sulfonamides is 1. The molecule has 7 nitrogen and oxygen atoms in total. The smallest absolute Gasteiger partial charge is 0.340 e. The molecule has 0 unspecified atom stereocenters. The van der Waals surface area contributed by atoms with E-state index < -0.39 is 27.5 Å². The first-order chi connectivity index (χ1) is 12.1. The van der Waals surface area contributed by atoms with Gasteiger partial charge in [-0.25, -0.2) is 18.4 Å². The van der Waals surface area contributed by atoms with Crippen molar-refractivity contribution in [1.29, 1.82) is 0 Å². The molecule has 0 aromatic heterocycles. The maximum atomic E-state index is 12.2. The maximum absolute atomic E-state index is 12.2. The standard InChI is InChI=1S/C16H20Cl2N2O5S/c1-20(10-5-3-2-4-6-10)15(21)9-25-16(22)11-7-14(26(19,23)24)13(18)8-12(11)17/h7-8,10H,2-6,9H2,1H3,(H2,19,23,24). The number of amides is 1. The van der Waals surface area contributed by atoms with Gasteiger partial charge >= 0.3 is 5.97 Å². The third-order valence-corrected chi connectivity index (χ3v) is 6.08. The normalized spacial score (nSPS) is 15.5. The molecule has 0 spiro atoms. The molecule has 1 aliphatic rings. The van der Waals surface area contributed by atoms with Gasteiger partial charge in [0.15, 0.2) is 6.61 Å². The van der Waals surface area contributed by atoms with E-state index in [0.29, 0.717) is 0 Å². The summed E-state index contributed by atoms with van der Waals surface area (Å²) in [7, 11) is -2.46. The first-order valence-corrected chi connectivity index (χ1v) is 10.4. The van der Waals surface area contributed by atoms with Crippen LogP contribution < -0.4 is 5.14 Å². The Hall–Kier alpha value is -1.35. The summed E-state index contributed by atoms with van der Waals surface area (Å²) in [6, 6.07) is 2.18. The number of nitrogens with two attached hydrogens (primary N) is 1. The predicted molar refractivity (Wildman–Crippen MR) is 97.8 cm³/mol. The fourth-order valence-electron chi connectivity index (χ4n) is 2.88. The van der Waals surface area contributed by atoms with Crippen molar-refractivity contribution >= 4 is 45.1 Å². The molecule has 0 atom stereocenters. The van der Waals surface area contributed by atoms with Gasteiger partial charge in [-0.15, -0.1) is 0 Å². The van der Waals surface area contributed by atoms with Crippen LogP contribution in [0, 0.1) is 0 Å². The average Bonchev–Trinajstić information content (AvgIpc) is 2.58. The van der Waals surface area contributed by atoms with E-state index in [9.17, 15) is 18.0 Å². The molecule has 1 fully saturated rings. The van der Waals surface area contributed by atoms with Gasteiger partial charge in [0.1, 0.15) is 4.90 Å². The van der Waals surface area contributed by atoms with E-state index in [0.717, 1.165) is 44.2 Å². The molecule has 2 rings (SSSR count). The van der Waals surface area contributed by atoms with Gasteiger partial charge in [0, 0.05) is 13.1 Å². The summed E-state index contributed by atoms with van der Waals surface area (Å²) < 4.78 is 28.0. The summed E-state index contributed by atoms with van der Waals surface area (Å²) in [6.45, 7) is -0.463. The molecular weight excluding hydrogens is 403 g/mol. The number of nitrogens with zero attached hydrogens (tertiary/aromatic N) is 1. The average molecular weight is 423 g/mol. The van der Waals surface area contributed by atoms with E-state index in [1.54, 1.807) is 11.9 Å². The molecule has 144 valence electrons. The number of hydrogen-bond acceptors (Lipinski definition) is 5. The Bertz CT molecular complexity index is 807. The number of rotatable bonds is 5. The van der Waals surface area contributed by atoms with Crippen molar-refractivity contribution in [3.63, 3.8) is 0 Å². The van der Waals surface area contributed by atoms with Crippen molar-refractivity contribution in [2.24, 2.45) is 5.14 Å².